The Labute approximate surface area is 148 Å². The summed E-state index contributed by atoms with van der Waals surface area (Å²) in [4.78, 5) is 12.1. The maximum Gasteiger partial charge on any atom is 0.165 e. The third-order valence-electron chi connectivity index (χ3n) is 7.63. The van der Waals surface area contributed by atoms with Gasteiger partial charge in [0.05, 0.1) is 12.5 Å². The zero-order valence-corrected chi connectivity index (χ0v) is 15.2. The van der Waals surface area contributed by atoms with Crippen molar-refractivity contribution in [1.29, 1.82) is 0 Å². The van der Waals surface area contributed by atoms with E-state index in [4.69, 9.17) is 14.2 Å². The zero-order valence-electron chi connectivity index (χ0n) is 15.2. The molecular formula is C21H26O4. The molecule has 2 bridgehead atoms. The van der Waals surface area contributed by atoms with Crippen molar-refractivity contribution < 1.29 is 19.0 Å². The Morgan fingerprint density at radius 2 is 2.16 bits per heavy atom. The lowest BCUT2D eigenvalue weighted by Gasteiger charge is -2.59. The number of carbonyl (C=O) groups is 1. The van der Waals surface area contributed by atoms with Gasteiger partial charge in [0.25, 0.3) is 0 Å². The summed E-state index contributed by atoms with van der Waals surface area (Å²) >= 11 is 0. The number of rotatable bonds is 3. The van der Waals surface area contributed by atoms with Crippen molar-refractivity contribution in [3.05, 3.63) is 23.3 Å². The number of methoxy groups -OCH3 is 2. The number of hydrogen-bond acceptors (Lipinski definition) is 4. The molecule has 1 aromatic carbocycles. The first-order chi connectivity index (χ1) is 12.1. The Hall–Kier alpha value is -1.55. The van der Waals surface area contributed by atoms with Gasteiger partial charge >= 0.3 is 0 Å². The fourth-order valence-corrected chi connectivity index (χ4v) is 6.72. The fraction of sp³-hybridized carbons (Fsp3) is 0.667. The number of benzene rings is 1. The van der Waals surface area contributed by atoms with Crippen LogP contribution in [-0.4, -0.2) is 32.7 Å². The van der Waals surface area contributed by atoms with Crippen molar-refractivity contribution in [2.45, 2.75) is 56.7 Å². The highest BCUT2D eigenvalue weighted by Gasteiger charge is 2.69. The predicted octanol–water partition coefficient (Wildman–Crippen LogP) is 3.29. The monoisotopic (exact) mass is 342 g/mol. The second kappa shape index (κ2) is 5.00. The molecule has 0 saturated heterocycles. The molecule has 5 rings (SSSR count). The summed E-state index contributed by atoms with van der Waals surface area (Å²) in [5.74, 6) is 2.86. The van der Waals surface area contributed by atoms with E-state index in [0.717, 1.165) is 37.0 Å². The molecule has 1 heterocycles. The van der Waals surface area contributed by atoms with Crippen molar-refractivity contribution in [3.8, 4) is 11.5 Å². The summed E-state index contributed by atoms with van der Waals surface area (Å²) in [6.45, 7) is 2.05. The van der Waals surface area contributed by atoms with Gasteiger partial charge in [-0.1, -0.05) is 19.4 Å². The molecule has 2 saturated carbocycles. The smallest absolute Gasteiger partial charge is 0.165 e. The Balaban J connectivity index is 1.78. The normalized spacial score (nSPS) is 43.2. The molecule has 4 heteroatoms. The van der Waals surface area contributed by atoms with Gasteiger partial charge in [0, 0.05) is 18.1 Å². The first-order valence-corrected chi connectivity index (χ1v) is 9.45. The van der Waals surface area contributed by atoms with Gasteiger partial charge in [0.15, 0.2) is 11.5 Å². The van der Waals surface area contributed by atoms with Crippen LogP contribution in [0.1, 0.15) is 43.7 Å². The van der Waals surface area contributed by atoms with Gasteiger partial charge in [0.1, 0.15) is 18.5 Å². The quantitative estimate of drug-likeness (QED) is 0.791. The maximum absolute atomic E-state index is 12.1. The molecule has 1 spiro atoms. The van der Waals surface area contributed by atoms with Crippen molar-refractivity contribution in [2.24, 2.45) is 17.3 Å². The maximum atomic E-state index is 12.1. The fourth-order valence-electron chi connectivity index (χ4n) is 6.72. The van der Waals surface area contributed by atoms with E-state index in [1.807, 2.05) is 6.07 Å². The van der Waals surface area contributed by atoms with Gasteiger partial charge in [-0.25, -0.2) is 0 Å². The average molecular weight is 342 g/mol. The molecule has 4 unspecified atom stereocenters. The Morgan fingerprint density at radius 3 is 2.88 bits per heavy atom. The largest absolute Gasteiger partial charge is 0.493 e. The number of ether oxygens (including phenoxy) is 3. The average Bonchev–Trinajstić information content (AvgIpc) is 2.94. The van der Waals surface area contributed by atoms with Crippen LogP contribution in [0.2, 0.25) is 0 Å². The molecule has 0 N–H and O–H groups in total. The van der Waals surface area contributed by atoms with E-state index in [-0.39, 0.29) is 17.6 Å². The van der Waals surface area contributed by atoms with E-state index in [0.29, 0.717) is 11.8 Å². The van der Waals surface area contributed by atoms with Crippen LogP contribution < -0.4 is 9.47 Å². The van der Waals surface area contributed by atoms with Crippen LogP contribution in [-0.2, 0) is 21.4 Å². The number of hydrogen-bond donors (Lipinski definition) is 0. The number of carbonyl (C=O) groups excluding carboxylic acids is 1. The summed E-state index contributed by atoms with van der Waals surface area (Å²) < 4.78 is 18.1. The van der Waals surface area contributed by atoms with Gasteiger partial charge in [-0.2, -0.15) is 0 Å². The lowest BCUT2D eigenvalue weighted by atomic mass is 9.44. The summed E-state index contributed by atoms with van der Waals surface area (Å²) in [5, 5.41) is 0. The summed E-state index contributed by atoms with van der Waals surface area (Å²) in [6, 6.07) is 4.27. The number of aldehydes is 1. The summed E-state index contributed by atoms with van der Waals surface area (Å²) in [6.07, 6.45) is 6.40. The molecule has 4 nitrogen and oxygen atoms in total. The van der Waals surface area contributed by atoms with Gasteiger partial charge in [-0.15, -0.1) is 0 Å². The van der Waals surface area contributed by atoms with Gasteiger partial charge in [-0.05, 0) is 49.1 Å². The minimum Gasteiger partial charge on any atom is -0.493 e. The molecular weight excluding hydrogens is 316 g/mol. The standard InChI is InChI=1S/C21H26O4/c1-20(11-22)10-14-12-5-4-8-21(14)16-13(9-12)6-7-15(23-2)17(16)25-19(21)18(20)24-3/h6-7,11-12,14,18-19H,4-5,8-10H2,1-3H3/t12?,14?,18?,19-,20-,21?/m0/s1. The van der Waals surface area contributed by atoms with Crippen LogP contribution in [0.3, 0.4) is 0 Å². The predicted molar refractivity (Wildman–Crippen MR) is 93.2 cm³/mol. The minimum absolute atomic E-state index is 0.0103. The molecule has 0 aromatic heterocycles. The SMILES string of the molecule is COc1ccc2c3c1O[C@H]1C(OC)[C@](C)(C=O)CC4C(CCCC341)C2. The second-order valence-electron chi connectivity index (χ2n) is 8.66. The highest BCUT2D eigenvalue weighted by atomic mass is 16.6. The highest BCUT2D eigenvalue weighted by molar-refractivity contribution is 5.65. The van der Waals surface area contributed by atoms with Crippen LogP contribution in [0, 0.1) is 17.3 Å². The third kappa shape index (κ3) is 1.69. The Morgan fingerprint density at radius 1 is 1.32 bits per heavy atom. The highest BCUT2D eigenvalue weighted by Crippen LogP contribution is 2.68. The van der Waals surface area contributed by atoms with Crippen molar-refractivity contribution in [1.82, 2.24) is 0 Å². The lowest BCUT2D eigenvalue weighted by molar-refractivity contribution is -0.167. The first kappa shape index (κ1) is 15.7. The molecule has 134 valence electrons. The van der Waals surface area contributed by atoms with Crippen LogP contribution >= 0.6 is 0 Å². The van der Waals surface area contributed by atoms with E-state index < -0.39 is 5.41 Å². The van der Waals surface area contributed by atoms with E-state index >= 15 is 0 Å². The van der Waals surface area contributed by atoms with E-state index in [1.165, 1.54) is 24.0 Å². The second-order valence-corrected chi connectivity index (χ2v) is 8.66. The molecule has 4 aliphatic rings. The van der Waals surface area contributed by atoms with Crippen molar-refractivity contribution in [3.63, 3.8) is 0 Å². The Bertz CT molecular complexity index is 744. The molecule has 2 fully saturated rings. The van der Waals surface area contributed by atoms with Crippen molar-refractivity contribution >= 4 is 6.29 Å². The van der Waals surface area contributed by atoms with Crippen molar-refractivity contribution in [2.75, 3.05) is 14.2 Å². The zero-order chi connectivity index (χ0) is 17.4. The van der Waals surface area contributed by atoms with Crippen LogP contribution in [0.4, 0.5) is 0 Å². The molecule has 0 amide bonds. The van der Waals surface area contributed by atoms with Gasteiger partial charge < -0.3 is 19.0 Å². The topological polar surface area (TPSA) is 44.8 Å². The van der Waals surface area contributed by atoms with E-state index in [9.17, 15) is 4.79 Å². The van der Waals surface area contributed by atoms with Crippen LogP contribution in [0.25, 0.3) is 0 Å². The minimum atomic E-state index is -0.490. The lowest BCUT2D eigenvalue weighted by Crippen LogP contribution is -2.66. The summed E-state index contributed by atoms with van der Waals surface area (Å²) in [5.41, 5.74) is 2.29. The first-order valence-electron chi connectivity index (χ1n) is 9.45. The molecule has 25 heavy (non-hydrogen) atoms. The molecule has 0 radical (unpaired) electrons. The molecule has 1 aromatic rings. The van der Waals surface area contributed by atoms with Crippen LogP contribution in [0.15, 0.2) is 12.1 Å². The summed E-state index contributed by atoms with van der Waals surface area (Å²) in [7, 11) is 3.42. The third-order valence-corrected chi connectivity index (χ3v) is 7.63. The molecule has 6 atom stereocenters. The van der Waals surface area contributed by atoms with E-state index in [1.54, 1.807) is 14.2 Å². The van der Waals surface area contributed by atoms with Gasteiger partial charge in [0.2, 0.25) is 0 Å². The van der Waals surface area contributed by atoms with E-state index in [2.05, 4.69) is 13.0 Å². The molecule has 3 aliphatic carbocycles. The van der Waals surface area contributed by atoms with Crippen LogP contribution in [0.5, 0.6) is 11.5 Å². The van der Waals surface area contributed by atoms with Gasteiger partial charge in [-0.3, -0.25) is 0 Å². The Kier molecular flexibility index (Phi) is 3.14. The molecule has 1 aliphatic heterocycles.